The average molecular weight is 262 g/mol. The zero-order valence-corrected chi connectivity index (χ0v) is 11.7. The van der Waals surface area contributed by atoms with Crippen LogP contribution in [-0.2, 0) is 6.42 Å². The van der Waals surface area contributed by atoms with Crippen molar-refractivity contribution in [1.29, 1.82) is 0 Å². The fraction of sp³-hybridized carbons (Fsp3) is 0.385. The van der Waals surface area contributed by atoms with Crippen LogP contribution in [0.15, 0.2) is 18.3 Å². The number of nitrogen functional groups attached to an aromatic ring is 1. The van der Waals surface area contributed by atoms with Gasteiger partial charge in [-0.3, -0.25) is 0 Å². The third-order valence-electron chi connectivity index (χ3n) is 2.68. The van der Waals surface area contributed by atoms with Gasteiger partial charge in [0, 0.05) is 34.0 Å². The Hall–Kier alpha value is -1.62. The maximum absolute atomic E-state index is 5.60. The van der Waals surface area contributed by atoms with Gasteiger partial charge in [-0.25, -0.2) is 4.98 Å². The van der Waals surface area contributed by atoms with Crippen molar-refractivity contribution in [1.82, 2.24) is 9.97 Å². The summed E-state index contributed by atoms with van der Waals surface area (Å²) >= 11 is 1.84. The van der Waals surface area contributed by atoms with Gasteiger partial charge in [0.05, 0.1) is 0 Å². The minimum atomic E-state index is 0.308. The van der Waals surface area contributed by atoms with Crippen LogP contribution in [0, 0.1) is 13.8 Å². The number of nitrogens with zero attached hydrogens (tertiary/aromatic N) is 2. The summed E-state index contributed by atoms with van der Waals surface area (Å²) in [4.78, 5) is 10.9. The van der Waals surface area contributed by atoms with Gasteiger partial charge in [0.25, 0.3) is 0 Å². The molecule has 0 aliphatic carbocycles. The Kier molecular flexibility index (Phi) is 3.81. The Morgan fingerprint density at radius 1 is 1.39 bits per heavy atom. The van der Waals surface area contributed by atoms with Gasteiger partial charge in [0.2, 0.25) is 5.95 Å². The highest BCUT2D eigenvalue weighted by atomic mass is 32.1. The molecule has 2 aromatic heterocycles. The second-order valence-electron chi connectivity index (χ2n) is 4.52. The van der Waals surface area contributed by atoms with E-state index in [1.165, 1.54) is 9.75 Å². The monoisotopic (exact) mass is 262 g/mol. The molecule has 2 aromatic rings. The minimum absolute atomic E-state index is 0.308. The topological polar surface area (TPSA) is 63.8 Å². The molecule has 0 amide bonds. The van der Waals surface area contributed by atoms with Crippen LogP contribution in [0.3, 0.4) is 0 Å². The average Bonchev–Trinajstić information content (AvgIpc) is 2.69. The fourth-order valence-electron chi connectivity index (χ4n) is 1.78. The number of aromatic nitrogens is 2. The molecule has 0 aromatic carbocycles. The van der Waals surface area contributed by atoms with Crippen LogP contribution < -0.4 is 11.1 Å². The lowest BCUT2D eigenvalue weighted by molar-refractivity contribution is 0.792. The second kappa shape index (κ2) is 5.35. The largest absolute Gasteiger partial charge is 0.368 e. The first-order valence-corrected chi connectivity index (χ1v) is 6.77. The molecule has 0 aliphatic heterocycles. The molecule has 1 atom stereocenters. The van der Waals surface area contributed by atoms with E-state index in [1.54, 1.807) is 6.20 Å². The third-order valence-corrected chi connectivity index (χ3v) is 3.70. The number of hydrogen-bond donors (Lipinski definition) is 2. The number of hydrogen-bond acceptors (Lipinski definition) is 5. The maximum Gasteiger partial charge on any atom is 0.221 e. The van der Waals surface area contributed by atoms with E-state index in [0.717, 1.165) is 17.8 Å². The van der Waals surface area contributed by atoms with Gasteiger partial charge in [0.1, 0.15) is 5.82 Å². The van der Waals surface area contributed by atoms with Crippen molar-refractivity contribution < 1.29 is 0 Å². The molecule has 0 saturated carbocycles. The normalized spacial score (nSPS) is 12.4. The number of anilines is 2. The number of nitrogens with one attached hydrogen (secondary N) is 1. The lowest BCUT2D eigenvalue weighted by atomic mass is 10.2. The van der Waals surface area contributed by atoms with Gasteiger partial charge in [0.15, 0.2) is 0 Å². The van der Waals surface area contributed by atoms with Crippen molar-refractivity contribution in [3.8, 4) is 0 Å². The summed E-state index contributed by atoms with van der Waals surface area (Å²) in [6.07, 6.45) is 2.73. The van der Waals surface area contributed by atoms with Crippen LogP contribution in [0.1, 0.15) is 22.2 Å². The van der Waals surface area contributed by atoms with Crippen LogP contribution in [0.5, 0.6) is 0 Å². The second-order valence-corrected chi connectivity index (χ2v) is 5.89. The smallest absolute Gasteiger partial charge is 0.221 e. The maximum atomic E-state index is 5.60. The van der Waals surface area contributed by atoms with Gasteiger partial charge < -0.3 is 11.1 Å². The lowest BCUT2D eigenvalue weighted by Gasteiger charge is -2.15. The molecule has 2 rings (SSSR count). The number of rotatable bonds is 4. The molecule has 3 N–H and O–H groups in total. The molecule has 96 valence electrons. The summed E-state index contributed by atoms with van der Waals surface area (Å²) in [6.45, 7) is 6.25. The van der Waals surface area contributed by atoms with Gasteiger partial charge >= 0.3 is 0 Å². The number of thiophene rings is 1. The van der Waals surface area contributed by atoms with E-state index in [9.17, 15) is 0 Å². The predicted octanol–water partition coefficient (Wildman–Crippen LogP) is 2.78. The van der Waals surface area contributed by atoms with E-state index in [-0.39, 0.29) is 0 Å². The van der Waals surface area contributed by atoms with Gasteiger partial charge in [-0.15, -0.1) is 11.3 Å². The van der Waals surface area contributed by atoms with Gasteiger partial charge in [-0.05, 0) is 32.9 Å². The number of aryl methyl sites for hydroxylation is 2. The summed E-state index contributed by atoms with van der Waals surface area (Å²) < 4.78 is 0. The van der Waals surface area contributed by atoms with Crippen molar-refractivity contribution in [2.45, 2.75) is 33.2 Å². The molecule has 0 spiro atoms. The number of nitrogens with two attached hydrogens (primary N) is 1. The molecule has 2 heterocycles. The molecule has 4 nitrogen and oxygen atoms in total. The lowest BCUT2D eigenvalue weighted by Crippen LogP contribution is -2.19. The van der Waals surface area contributed by atoms with Crippen LogP contribution in [0.2, 0.25) is 0 Å². The van der Waals surface area contributed by atoms with E-state index in [2.05, 4.69) is 41.3 Å². The molecule has 0 bridgehead atoms. The van der Waals surface area contributed by atoms with Crippen LogP contribution >= 0.6 is 11.3 Å². The van der Waals surface area contributed by atoms with Crippen LogP contribution in [0.25, 0.3) is 0 Å². The Labute approximate surface area is 111 Å². The highest BCUT2D eigenvalue weighted by molar-refractivity contribution is 7.11. The van der Waals surface area contributed by atoms with Crippen LogP contribution in [-0.4, -0.2) is 16.0 Å². The highest BCUT2D eigenvalue weighted by Gasteiger charge is 2.08. The van der Waals surface area contributed by atoms with E-state index in [1.807, 2.05) is 18.3 Å². The first-order chi connectivity index (χ1) is 8.54. The summed E-state index contributed by atoms with van der Waals surface area (Å²) in [5, 5.41) is 3.38. The Morgan fingerprint density at radius 3 is 2.83 bits per heavy atom. The third kappa shape index (κ3) is 3.20. The highest BCUT2D eigenvalue weighted by Crippen LogP contribution is 2.19. The van der Waals surface area contributed by atoms with Crippen molar-refractivity contribution >= 4 is 23.1 Å². The quantitative estimate of drug-likeness (QED) is 0.889. The summed E-state index contributed by atoms with van der Waals surface area (Å²) in [5.41, 5.74) is 6.61. The molecule has 0 fully saturated rings. The van der Waals surface area contributed by atoms with Gasteiger partial charge in [-0.1, -0.05) is 0 Å². The molecule has 0 saturated heterocycles. The van der Waals surface area contributed by atoms with Crippen molar-refractivity contribution in [2.24, 2.45) is 0 Å². The Balaban J connectivity index is 2.02. The summed E-state index contributed by atoms with van der Waals surface area (Å²) in [5.74, 6) is 1.13. The zero-order valence-electron chi connectivity index (χ0n) is 10.9. The molecular weight excluding hydrogens is 244 g/mol. The van der Waals surface area contributed by atoms with Crippen molar-refractivity contribution in [3.05, 3.63) is 33.6 Å². The molecule has 0 radical (unpaired) electrons. The molecule has 0 aliphatic rings. The van der Waals surface area contributed by atoms with E-state index >= 15 is 0 Å². The van der Waals surface area contributed by atoms with E-state index in [4.69, 9.17) is 5.73 Å². The first-order valence-electron chi connectivity index (χ1n) is 5.95. The summed E-state index contributed by atoms with van der Waals surface area (Å²) in [7, 11) is 0. The first kappa shape index (κ1) is 12.8. The van der Waals surface area contributed by atoms with E-state index < -0.39 is 0 Å². The fourth-order valence-corrected chi connectivity index (χ4v) is 2.80. The standard InChI is InChI=1S/C13H18N4S/c1-8-7-15-13(14)17-12(8)16-9(2)6-11-5-4-10(3)18-11/h4-5,7,9H,6H2,1-3H3,(H3,14,15,16,17). The van der Waals surface area contributed by atoms with Gasteiger partial charge in [-0.2, -0.15) is 4.98 Å². The zero-order chi connectivity index (χ0) is 13.1. The SMILES string of the molecule is Cc1ccc(CC(C)Nc2nc(N)ncc2C)s1. The molecule has 18 heavy (non-hydrogen) atoms. The Morgan fingerprint density at radius 2 is 2.17 bits per heavy atom. The molecular formula is C13H18N4S. The molecule has 5 heteroatoms. The minimum Gasteiger partial charge on any atom is -0.368 e. The summed E-state index contributed by atoms with van der Waals surface area (Å²) in [6, 6.07) is 4.65. The van der Waals surface area contributed by atoms with Crippen LogP contribution in [0.4, 0.5) is 11.8 Å². The molecule has 1 unspecified atom stereocenters. The predicted molar refractivity (Wildman–Crippen MR) is 77.0 cm³/mol. The van der Waals surface area contributed by atoms with Crippen molar-refractivity contribution in [2.75, 3.05) is 11.1 Å². The van der Waals surface area contributed by atoms with E-state index in [0.29, 0.717) is 12.0 Å². The van der Waals surface area contributed by atoms with Crippen molar-refractivity contribution in [3.63, 3.8) is 0 Å². The Bertz CT molecular complexity index is 536.